The molecular weight excluding hydrogens is 440 g/mol. The van der Waals surface area contributed by atoms with Crippen LogP contribution in [0, 0.1) is 6.92 Å². The largest absolute Gasteiger partial charge is 0.485 e. The van der Waals surface area contributed by atoms with Crippen molar-refractivity contribution < 1.29 is 18.8 Å². The molecular formula is C20H19BrN4O4. The van der Waals surface area contributed by atoms with Gasteiger partial charge in [0.1, 0.15) is 5.75 Å². The maximum atomic E-state index is 12.8. The highest BCUT2D eigenvalue weighted by molar-refractivity contribution is 9.10. The normalized spacial score (nSPS) is 10.4. The number of amides is 2. The van der Waals surface area contributed by atoms with Gasteiger partial charge >= 0.3 is 0 Å². The lowest BCUT2D eigenvalue weighted by Gasteiger charge is -2.19. The van der Waals surface area contributed by atoms with Gasteiger partial charge in [-0.15, -0.1) is 0 Å². The van der Waals surface area contributed by atoms with Gasteiger partial charge in [-0.2, -0.15) is 4.98 Å². The van der Waals surface area contributed by atoms with Gasteiger partial charge in [0.05, 0.1) is 17.8 Å². The zero-order valence-electron chi connectivity index (χ0n) is 15.9. The summed E-state index contributed by atoms with van der Waals surface area (Å²) in [7, 11) is 1.56. The molecule has 0 saturated carbocycles. The van der Waals surface area contributed by atoms with E-state index >= 15 is 0 Å². The minimum Gasteiger partial charge on any atom is -0.485 e. The van der Waals surface area contributed by atoms with E-state index in [-0.39, 0.29) is 25.0 Å². The van der Waals surface area contributed by atoms with E-state index in [1.165, 1.54) is 4.90 Å². The fourth-order valence-corrected chi connectivity index (χ4v) is 2.94. The summed E-state index contributed by atoms with van der Waals surface area (Å²) < 4.78 is 11.4. The number of rotatable bonds is 7. The number of anilines is 1. The highest BCUT2D eigenvalue weighted by atomic mass is 79.9. The number of benzene rings is 2. The molecule has 0 atom stereocenters. The van der Waals surface area contributed by atoms with Crippen LogP contribution in [-0.4, -0.2) is 40.4 Å². The molecule has 0 aliphatic carbocycles. The molecule has 150 valence electrons. The Morgan fingerprint density at radius 1 is 1.17 bits per heavy atom. The molecule has 0 spiro atoms. The first kappa shape index (κ1) is 20.5. The summed E-state index contributed by atoms with van der Waals surface area (Å²) >= 11 is 3.38. The van der Waals surface area contributed by atoms with E-state index in [0.29, 0.717) is 28.7 Å². The highest BCUT2D eigenvalue weighted by Gasteiger charge is 2.19. The number of likely N-dealkylation sites (N-methyl/N-ethyl adjacent to an activating group) is 1. The van der Waals surface area contributed by atoms with Crippen LogP contribution in [0.4, 0.5) is 5.69 Å². The van der Waals surface area contributed by atoms with Gasteiger partial charge in [-0.1, -0.05) is 29.4 Å². The zero-order chi connectivity index (χ0) is 20.8. The van der Waals surface area contributed by atoms with Gasteiger partial charge in [0, 0.05) is 18.4 Å². The van der Waals surface area contributed by atoms with Crippen molar-refractivity contribution in [1.82, 2.24) is 15.0 Å². The average Bonchev–Trinajstić information content (AvgIpc) is 3.13. The van der Waals surface area contributed by atoms with E-state index in [4.69, 9.17) is 9.26 Å². The zero-order valence-corrected chi connectivity index (χ0v) is 17.5. The third-order valence-electron chi connectivity index (χ3n) is 3.92. The molecule has 0 aliphatic rings. The molecule has 0 unspecified atom stereocenters. The van der Waals surface area contributed by atoms with Crippen LogP contribution >= 0.6 is 15.9 Å². The SMILES string of the molecule is Cc1nc(COc2ccccc2C(=O)N(C)CC(=O)Nc2ccccc2Br)no1. The van der Waals surface area contributed by atoms with E-state index < -0.39 is 0 Å². The number of nitrogens with zero attached hydrogens (tertiary/aromatic N) is 3. The Labute approximate surface area is 176 Å². The Hall–Kier alpha value is -3.20. The quantitative estimate of drug-likeness (QED) is 0.582. The van der Waals surface area contributed by atoms with E-state index in [9.17, 15) is 9.59 Å². The monoisotopic (exact) mass is 458 g/mol. The molecule has 8 nitrogen and oxygen atoms in total. The number of halogens is 1. The first-order valence-electron chi connectivity index (χ1n) is 8.75. The van der Waals surface area contributed by atoms with E-state index in [1.807, 2.05) is 18.2 Å². The van der Waals surface area contributed by atoms with Crippen molar-refractivity contribution in [3.05, 3.63) is 70.3 Å². The number of carbonyl (C=O) groups excluding carboxylic acids is 2. The molecule has 0 fully saturated rings. The van der Waals surface area contributed by atoms with Gasteiger partial charge < -0.3 is 19.5 Å². The predicted molar refractivity (Wildman–Crippen MR) is 110 cm³/mol. The van der Waals surface area contributed by atoms with Crippen molar-refractivity contribution in [2.45, 2.75) is 13.5 Å². The predicted octanol–water partition coefficient (Wildman–Crippen LogP) is 3.43. The van der Waals surface area contributed by atoms with Crippen LogP contribution in [0.3, 0.4) is 0 Å². The summed E-state index contributed by atoms with van der Waals surface area (Å²) in [6.45, 7) is 1.63. The second-order valence-electron chi connectivity index (χ2n) is 6.20. The number of hydrogen-bond donors (Lipinski definition) is 1. The maximum Gasteiger partial charge on any atom is 0.257 e. The minimum absolute atomic E-state index is 0.0634. The molecule has 1 N–H and O–H groups in total. The van der Waals surface area contributed by atoms with E-state index in [2.05, 4.69) is 31.4 Å². The molecule has 1 aromatic heterocycles. The molecule has 0 radical (unpaired) electrons. The molecule has 3 rings (SSSR count). The standard InChI is InChI=1S/C20H19BrN4O4/c1-13-22-18(24-29-13)12-28-17-10-6-3-7-14(17)20(27)25(2)11-19(26)23-16-9-5-4-8-15(16)21/h3-10H,11-12H2,1-2H3,(H,23,26). The number of aryl methyl sites for hydroxylation is 1. The maximum absolute atomic E-state index is 12.8. The van der Waals surface area contributed by atoms with Crippen LogP contribution in [0.25, 0.3) is 0 Å². The molecule has 1 heterocycles. The van der Waals surface area contributed by atoms with Crippen LogP contribution in [0.2, 0.25) is 0 Å². The fraction of sp³-hybridized carbons (Fsp3) is 0.200. The van der Waals surface area contributed by atoms with Crippen molar-refractivity contribution in [1.29, 1.82) is 0 Å². The molecule has 0 aliphatic heterocycles. The second kappa shape index (κ2) is 9.33. The van der Waals surface area contributed by atoms with Crippen LogP contribution in [0.1, 0.15) is 22.1 Å². The van der Waals surface area contributed by atoms with Crippen LogP contribution in [-0.2, 0) is 11.4 Å². The van der Waals surface area contributed by atoms with Gasteiger partial charge in [-0.3, -0.25) is 9.59 Å². The lowest BCUT2D eigenvalue weighted by Crippen LogP contribution is -2.35. The fourth-order valence-electron chi connectivity index (χ4n) is 2.56. The second-order valence-corrected chi connectivity index (χ2v) is 7.06. The Balaban J connectivity index is 1.64. The number of ether oxygens (including phenoxy) is 1. The summed E-state index contributed by atoms with van der Waals surface area (Å²) in [5.41, 5.74) is 0.974. The number of carbonyl (C=O) groups is 2. The van der Waals surface area contributed by atoms with Crippen molar-refractivity contribution in [3.8, 4) is 5.75 Å². The lowest BCUT2D eigenvalue weighted by atomic mass is 10.1. The third-order valence-corrected chi connectivity index (χ3v) is 4.61. The van der Waals surface area contributed by atoms with Gasteiger partial charge in [-0.25, -0.2) is 0 Å². The first-order chi connectivity index (χ1) is 13.9. The van der Waals surface area contributed by atoms with Crippen LogP contribution < -0.4 is 10.1 Å². The number of aromatic nitrogens is 2. The first-order valence-corrected chi connectivity index (χ1v) is 9.54. The summed E-state index contributed by atoms with van der Waals surface area (Å²) in [4.78, 5) is 30.6. The average molecular weight is 459 g/mol. The highest BCUT2D eigenvalue weighted by Crippen LogP contribution is 2.22. The smallest absolute Gasteiger partial charge is 0.257 e. The summed E-state index contributed by atoms with van der Waals surface area (Å²) in [5.74, 6) is 0.535. The Bertz CT molecular complexity index is 1020. The summed E-state index contributed by atoms with van der Waals surface area (Å²) in [5, 5.41) is 6.54. The van der Waals surface area contributed by atoms with Crippen molar-refractivity contribution in [2.24, 2.45) is 0 Å². The minimum atomic E-state index is -0.341. The molecule has 0 bridgehead atoms. The van der Waals surface area contributed by atoms with E-state index in [1.54, 1.807) is 44.3 Å². The number of hydrogen-bond acceptors (Lipinski definition) is 6. The number of nitrogens with one attached hydrogen (secondary N) is 1. The van der Waals surface area contributed by atoms with Gasteiger partial charge in [0.2, 0.25) is 17.6 Å². The van der Waals surface area contributed by atoms with Crippen LogP contribution in [0.5, 0.6) is 5.75 Å². The summed E-state index contributed by atoms with van der Waals surface area (Å²) in [6.07, 6.45) is 0. The Morgan fingerprint density at radius 2 is 1.90 bits per heavy atom. The van der Waals surface area contributed by atoms with Crippen LogP contribution in [0.15, 0.2) is 57.5 Å². The molecule has 9 heteroatoms. The molecule has 0 saturated heterocycles. The van der Waals surface area contributed by atoms with Gasteiger partial charge in [-0.05, 0) is 40.2 Å². The topological polar surface area (TPSA) is 97.6 Å². The Kier molecular flexibility index (Phi) is 6.61. The van der Waals surface area contributed by atoms with E-state index in [0.717, 1.165) is 4.47 Å². The van der Waals surface area contributed by atoms with Crippen molar-refractivity contribution in [3.63, 3.8) is 0 Å². The molecule has 29 heavy (non-hydrogen) atoms. The van der Waals surface area contributed by atoms with Crippen molar-refractivity contribution in [2.75, 3.05) is 18.9 Å². The van der Waals surface area contributed by atoms with Gasteiger partial charge in [0.25, 0.3) is 5.91 Å². The number of para-hydroxylation sites is 2. The van der Waals surface area contributed by atoms with Gasteiger partial charge in [0.15, 0.2) is 6.61 Å². The third kappa shape index (κ3) is 5.41. The lowest BCUT2D eigenvalue weighted by molar-refractivity contribution is -0.116. The van der Waals surface area contributed by atoms with Crippen molar-refractivity contribution >= 4 is 33.4 Å². The molecule has 3 aromatic rings. The Morgan fingerprint density at radius 3 is 2.62 bits per heavy atom. The molecule has 2 amide bonds. The summed E-state index contributed by atoms with van der Waals surface area (Å²) in [6, 6.07) is 14.1. The molecule has 2 aromatic carbocycles.